The minimum Gasteiger partial charge on any atom is -0.395 e. The summed E-state index contributed by atoms with van der Waals surface area (Å²) in [5.74, 6) is 0.0784. The van der Waals surface area contributed by atoms with E-state index in [9.17, 15) is 9.90 Å². The van der Waals surface area contributed by atoms with Crippen molar-refractivity contribution >= 4 is 5.91 Å². The van der Waals surface area contributed by atoms with Crippen molar-refractivity contribution in [3.63, 3.8) is 0 Å². The molecule has 2 unspecified atom stereocenters. The van der Waals surface area contributed by atoms with Gasteiger partial charge in [0.15, 0.2) is 0 Å². The van der Waals surface area contributed by atoms with E-state index in [0.717, 1.165) is 25.8 Å². The standard InChI is InChI=1S/C12H24N2O2/c1-4-9(2)13-12(16)10(3)14-7-5-6-11(14)8-15/h9-11,15H,4-8H2,1-3H3,(H,13,16)/t9?,10?,11-/m0/s1. The molecule has 1 aliphatic heterocycles. The molecular formula is C12H24N2O2. The minimum absolute atomic E-state index is 0.0784. The van der Waals surface area contributed by atoms with E-state index in [1.165, 1.54) is 0 Å². The van der Waals surface area contributed by atoms with E-state index in [1.54, 1.807) is 0 Å². The average Bonchev–Trinajstić information content (AvgIpc) is 2.75. The lowest BCUT2D eigenvalue weighted by molar-refractivity contribution is -0.127. The summed E-state index contributed by atoms with van der Waals surface area (Å²) in [6.07, 6.45) is 3.02. The van der Waals surface area contributed by atoms with Crippen LogP contribution in [0.3, 0.4) is 0 Å². The number of hydrogen-bond acceptors (Lipinski definition) is 3. The molecule has 3 atom stereocenters. The molecule has 0 spiro atoms. The van der Waals surface area contributed by atoms with Crippen LogP contribution >= 0.6 is 0 Å². The van der Waals surface area contributed by atoms with Crippen molar-refractivity contribution < 1.29 is 9.90 Å². The van der Waals surface area contributed by atoms with Gasteiger partial charge in [0, 0.05) is 12.1 Å². The van der Waals surface area contributed by atoms with Gasteiger partial charge in [-0.25, -0.2) is 0 Å². The summed E-state index contributed by atoms with van der Waals surface area (Å²) in [6.45, 7) is 7.06. The van der Waals surface area contributed by atoms with Gasteiger partial charge in [-0.3, -0.25) is 9.69 Å². The van der Waals surface area contributed by atoms with E-state index in [2.05, 4.69) is 17.1 Å². The second kappa shape index (κ2) is 6.21. The van der Waals surface area contributed by atoms with Gasteiger partial charge in [0.05, 0.1) is 12.6 Å². The van der Waals surface area contributed by atoms with Crippen molar-refractivity contribution in [2.75, 3.05) is 13.2 Å². The Hall–Kier alpha value is -0.610. The summed E-state index contributed by atoms with van der Waals surface area (Å²) in [5, 5.41) is 12.2. The van der Waals surface area contributed by atoms with E-state index in [-0.39, 0.29) is 30.6 Å². The van der Waals surface area contributed by atoms with Crippen LogP contribution in [0, 0.1) is 0 Å². The molecule has 4 heteroatoms. The van der Waals surface area contributed by atoms with E-state index in [1.807, 2.05) is 13.8 Å². The maximum absolute atomic E-state index is 11.9. The normalized spacial score (nSPS) is 25.4. The Morgan fingerprint density at radius 2 is 2.25 bits per heavy atom. The van der Waals surface area contributed by atoms with E-state index >= 15 is 0 Å². The van der Waals surface area contributed by atoms with Gasteiger partial charge in [0.2, 0.25) is 5.91 Å². The molecule has 16 heavy (non-hydrogen) atoms. The zero-order valence-electron chi connectivity index (χ0n) is 10.6. The Balaban J connectivity index is 2.49. The van der Waals surface area contributed by atoms with E-state index in [0.29, 0.717) is 0 Å². The highest BCUT2D eigenvalue weighted by Crippen LogP contribution is 2.19. The number of nitrogens with one attached hydrogen (secondary N) is 1. The van der Waals surface area contributed by atoms with Gasteiger partial charge in [0.25, 0.3) is 0 Å². The predicted molar refractivity (Wildman–Crippen MR) is 64.2 cm³/mol. The summed E-state index contributed by atoms with van der Waals surface area (Å²) in [5.41, 5.74) is 0. The number of aliphatic hydroxyl groups is 1. The molecule has 1 amide bonds. The number of carbonyl (C=O) groups excluding carboxylic acids is 1. The number of amides is 1. The van der Waals surface area contributed by atoms with Crippen molar-refractivity contribution in [1.29, 1.82) is 0 Å². The molecule has 1 saturated heterocycles. The molecule has 0 aliphatic carbocycles. The van der Waals surface area contributed by atoms with Gasteiger partial charge < -0.3 is 10.4 Å². The monoisotopic (exact) mass is 228 g/mol. The third kappa shape index (κ3) is 3.19. The molecule has 0 bridgehead atoms. The summed E-state index contributed by atoms with van der Waals surface area (Å²) >= 11 is 0. The van der Waals surface area contributed by atoms with Crippen LogP contribution in [-0.4, -0.2) is 47.2 Å². The topological polar surface area (TPSA) is 52.6 Å². The van der Waals surface area contributed by atoms with Gasteiger partial charge in [-0.2, -0.15) is 0 Å². The third-order valence-electron chi connectivity index (χ3n) is 3.51. The Morgan fingerprint density at radius 3 is 2.81 bits per heavy atom. The quantitative estimate of drug-likeness (QED) is 0.730. The Kier molecular flexibility index (Phi) is 5.22. The van der Waals surface area contributed by atoms with Crippen LogP contribution in [0.15, 0.2) is 0 Å². The molecule has 0 aromatic heterocycles. The van der Waals surface area contributed by atoms with Crippen molar-refractivity contribution in [3.05, 3.63) is 0 Å². The lowest BCUT2D eigenvalue weighted by Crippen LogP contribution is -2.49. The fourth-order valence-electron chi connectivity index (χ4n) is 2.18. The molecule has 4 nitrogen and oxygen atoms in total. The average molecular weight is 228 g/mol. The van der Waals surface area contributed by atoms with Gasteiger partial charge >= 0.3 is 0 Å². The smallest absolute Gasteiger partial charge is 0.237 e. The van der Waals surface area contributed by atoms with Crippen LogP contribution in [0.25, 0.3) is 0 Å². The molecular weight excluding hydrogens is 204 g/mol. The Morgan fingerprint density at radius 1 is 1.56 bits per heavy atom. The fourth-order valence-corrected chi connectivity index (χ4v) is 2.18. The van der Waals surface area contributed by atoms with Crippen molar-refractivity contribution in [2.24, 2.45) is 0 Å². The third-order valence-corrected chi connectivity index (χ3v) is 3.51. The van der Waals surface area contributed by atoms with Crippen LogP contribution in [0.2, 0.25) is 0 Å². The number of nitrogens with zero attached hydrogens (tertiary/aromatic N) is 1. The fraction of sp³-hybridized carbons (Fsp3) is 0.917. The number of likely N-dealkylation sites (tertiary alicyclic amines) is 1. The molecule has 1 fully saturated rings. The van der Waals surface area contributed by atoms with Gasteiger partial charge in [-0.15, -0.1) is 0 Å². The Labute approximate surface area is 98.0 Å². The number of rotatable bonds is 5. The summed E-state index contributed by atoms with van der Waals surface area (Å²) in [4.78, 5) is 14.0. The van der Waals surface area contributed by atoms with Crippen molar-refractivity contribution in [1.82, 2.24) is 10.2 Å². The molecule has 2 N–H and O–H groups in total. The molecule has 1 rings (SSSR count). The second-order valence-corrected chi connectivity index (χ2v) is 4.71. The van der Waals surface area contributed by atoms with E-state index in [4.69, 9.17) is 0 Å². The molecule has 0 aromatic rings. The maximum Gasteiger partial charge on any atom is 0.237 e. The van der Waals surface area contributed by atoms with Crippen LogP contribution < -0.4 is 5.32 Å². The summed E-state index contributed by atoms with van der Waals surface area (Å²) in [7, 11) is 0. The highest BCUT2D eigenvalue weighted by molar-refractivity contribution is 5.81. The van der Waals surface area contributed by atoms with Crippen LogP contribution in [0.4, 0.5) is 0 Å². The number of aliphatic hydroxyl groups excluding tert-OH is 1. The second-order valence-electron chi connectivity index (χ2n) is 4.71. The number of hydrogen-bond donors (Lipinski definition) is 2. The zero-order valence-corrected chi connectivity index (χ0v) is 10.6. The van der Waals surface area contributed by atoms with Gasteiger partial charge in [0.1, 0.15) is 0 Å². The lowest BCUT2D eigenvalue weighted by Gasteiger charge is -2.29. The highest BCUT2D eigenvalue weighted by Gasteiger charge is 2.31. The largest absolute Gasteiger partial charge is 0.395 e. The Bertz CT molecular complexity index is 233. The van der Waals surface area contributed by atoms with Crippen LogP contribution in [-0.2, 0) is 4.79 Å². The van der Waals surface area contributed by atoms with Gasteiger partial charge in [-0.05, 0) is 39.7 Å². The SMILES string of the molecule is CCC(C)NC(=O)C(C)N1CCC[C@H]1CO. The van der Waals surface area contributed by atoms with E-state index < -0.39 is 0 Å². The molecule has 0 saturated carbocycles. The van der Waals surface area contributed by atoms with Crippen LogP contribution in [0.1, 0.15) is 40.0 Å². The zero-order chi connectivity index (χ0) is 12.1. The summed E-state index contributed by atoms with van der Waals surface area (Å²) in [6, 6.07) is 0.261. The summed E-state index contributed by atoms with van der Waals surface area (Å²) < 4.78 is 0. The lowest BCUT2D eigenvalue weighted by atomic mass is 10.2. The van der Waals surface area contributed by atoms with Crippen molar-refractivity contribution in [3.8, 4) is 0 Å². The van der Waals surface area contributed by atoms with Gasteiger partial charge in [-0.1, -0.05) is 6.92 Å². The maximum atomic E-state index is 11.9. The predicted octanol–water partition coefficient (Wildman–Crippen LogP) is 0.746. The molecule has 1 aliphatic rings. The highest BCUT2D eigenvalue weighted by atomic mass is 16.3. The van der Waals surface area contributed by atoms with Crippen LogP contribution in [0.5, 0.6) is 0 Å². The molecule has 0 aromatic carbocycles. The molecule has 94 valence electrons. The molecule has 1 heterocycles. The minimum atomic E-state index is -0.131. The first-order valence-corrected chi connectivity index (χ1v) is 6.27. The first kappa shape index (κ1) is 13.5. The molecule has 0 radical (unpaired) electrons. The van der Waals surface area contributed by atoms with Crippen molar-refractivity contribution in [2.45, 2.75) is 58.2 Å². The first-order chi connectivity index (χ1) is 7.60. The number of carbonyl (C=O) groups is 1. The first-order valence-electron chi connectivity index (χ1n) is 6.27.